The summed E-state index contributed by atoms with van der Waals surface area (Å²) in [5, 5.41) is 6.19. The molecule has 41 heavy (non-hydrogen) atoms. The third kappa shape index (κ3) is 9.37. The molecule has 1 saturated heterocycles. The zero-order valence-corrected chi connectivity index (χ0v) is 26.9. The second kappa shape index (κ2) is 16.6. The molecule has 3 rings (SSSR count). The van der Waals surface area contributed by atoms with E-state index in [0.29, 0.717) is 44.2 Å². The van der Waals surface area contributed by atoms with Gasteiger partial charge >= 0.3 is 0 Å². The van der Waals surface area contributed by atoms with E-state index in [-0.39, 0.29) is 29.6 Å². The van der Waals surface area contributed by atoms with Crippen LogP contribution in [0, 0.1) is 35.0 Å². The van der Waals surface area contributed by atoms with Gasteiger partial charge < -0.3 is 15.5 Å². The normalized spacial score (nSPS) is 31.1. The Labute approximate surface area is 249 Å². The Morgan fingerprint density at radius 1 is 1.00 bits per heavy atom. The van der Waals surface area contributed by atoms with Crippen LogP contribution in [0.15, 0.2) is 0 Å². The van der Waals surface area contributed by atoms with Gasteiger partial charge in [-0.2, -0.15) is 0 Å². The van der Waals surface area contributed by atoms with Gasteiger partial charge in [-0.1, -0.05) is 53.4 Å². The minimum absolute atomic E-state index is 0.0149. The molecule has 1 aliphatic heterocycles. The predicted molar refractivity (Wildman–Crippen MR) is 164 cm³/mol. The fourth-order valence-electron chi connectivity index (χ4n) is 7.73. The van der Waals surface area contributed by atoms with Crippen LogP contribution in [0.5, 0.6) is 0 Å². The number of nitrogens with zero attached hydrogens (tertiary/aromatic N) is 1. The van der Waals surface area contributed by atoms with Gasteiger partial charge in [0.1, 0.15) is 12.8 Å². The molecule has 7 atom stereocenters. The van der Waals surface area contributed by atoms with Crippen LogP contribution in [0.4, 0.5) is 8.78 Å². The van der Waals surface area contributed by atoms with Crippen LogP contribution in [-0.2, 0) is 9.59 Å². The molecule has 1 heterocycles. The van der Waals surface area contributed by atoms with E-state index in [2.05, 4.69) is 36.3 Å². The SMILES string of the molecule is CCCCC(C)[C@](C)(CF)C(=O)NCCCC(C(=O)NC1CC(N2CCCC2)CCC1F)C(C)[C@H]1CC[C@H](C)CC1. The summed E-state index contributed by atoms with van der Waals surface area (Å²) >= 11 is 0. The molecule has 3 aliphatic rings. The Balaban J connectivity index is 1.61. The van der Waals surface area contributed by atoms with Crippen molar-refractivity contribution in [3.8, 4) is 0 Å². The van der Waals surface area contributed by atoms with E-state index < -0.39 is 24.3 Å². The van der Waals surface area contributed by atoms with Crippen molar-refractivity contribution in [2.24, 2.45) is 35.0 Å². The molecule has 2 saturated carbocycles. The first-order valence-electron chi connectivity index (χ1n) is 17.1. The zero-order valence-electron chi connectivity index (χ0n) is 26.9. The lowest BCUT2D eigenvalue weighted by Crippen LogP contribution is -2.52. The topological polar surface area (TPSA) is 61.4 Å². The van der Waals surface area contributed by atoms with Crippen LogP contribution < -0.4 is 10.6 Å². The average molecular weight is 582 g/mol. The van der Waals surface area contributed by atoms with E-state index in [0.717, 1.165) is 57.5 Å². The molecule has 0 aromatic heterocycles. The highest BCUT2D eigenvalue weighted by Crippen LogP contribution is 2.38. The lowest BCUT2D eigenvalue weighted by atomic mass is 9.71. The van der Waals surface area contributed by atoms with Crippen LogP contribution in [0.1, 0.15) is 125 Å². The summed E-state index contributed by atoms with van der Waals surface area (Å²) in [6.07, 6.45) is 12.4. The highest BCUT2D eigenvalue weighted by Gasteiger charge is 2.40. The number of alkyl halides is 2. The minimum atomic E-state index is -1.03. The van der Waals surface area contributed by atoms with Crippen LogP contribution in [0.3, 0.4) is 0 Å². The fourth-order valence-corrected chi connectivity index (χ4v) is 7.73. The first-order valence-corrected chi connectivity index (χ1v) is 17.1. The van der Waals surface area contributed by atoms with Crippen molar-refractivity contribution in [2.45, 2.75) is 143 Å². The van der Waals surface area contributed by atoms with E-state index in [9.17, 15) is 14.0 Å². The molecular weight excluding hydrogens is 520 g/mol. The molecule has 5 nitrogen and oxygen atoms in total. The maximum Gasteiger partial charge on any atom is 0.228 e. The third-order valence-corrected chi connectivity index (χ3v) is 11.4. The Hall–Kier alpha value is -1.24. The largest absolute Gasteiger partial charge is 0.356 e. The summed E-state index contributed by atoms with van der Waals surface area (Å²) in [7, 11) is 0. The smallest absolute Gasteiger partial charge is 0.228 e. The molecule has 2 aliphatic carbocycles. The highest BCUT2D eigenvalue weighted by atomic mass is 19.1. The molecule has 0 aromatic carbocycles. The second-order valence-corrected chi connectivity index (χ2v) is 14.3. The standard InChI is InChI=1S/C34H61F2N3O2/c1-6-7-11-25(3)34(5,23-35)33(41)37-19-10-12-29(26(4)27-15-13-24(2)14-16-27)32(40)38-31-22-28(17-18-30(31)36)39-20-8-9-21-39/h24-31H,6-23H2,1-5H3,(H,37,41)(H,38,40)/t24-,25?,26?,27-,28?,29?,30?,31?,34-/m0/s1. The maximum atomic E-state index is 15.1. The third-order valence-electron chi connectivity index (χ3n) is 11.4. The summed E-state index contributed by atoms with van der Waals surface area (Å²) < 4.78 is 29.2. The zero-order chi connectivity index (χ0) is 30.0. The number of carbonyl (C=O) groups excluding carboxylic acids is 2. The summed E-state index contributed by atoms with van der Waals surface area (Å²) in [5.41, 5.74) is -1.03. The first kappa shape index (κ1) is 34.3. The fraction of sp³-hybridized carbons (Fsp3) is 0.941. The van der Waals surface area contributed by atoms with Crippen molar-refractivity contribution < 1.29 is 18.4 Å². The Bertz CT molecular complexity index is 799. The summed E-state index contributed by atoms with van der Waals surface area (Å²) in [6, 6.07) is -0.0530. The van der Waals surface area contributed by atoms with E-state index in [1.54, 1.807) is 6.92 Å². The van der Waals surface area contributed by atoms with Crippen LogP contribution in [0.2, 0.25) is 0 Å². The number of likely N-dealkylation sites (tertiary alicyclic amines) is 1. The maximum absolute atomic E-state index is 15.1. The summed E-state index contributed by atoms with van der Waals surface area (Å²) in [5.74, 6) is 0.958. The van der Waals surface area contributed by atoms with E-state index >= 15 is 4.39 Å². The molecule has 7 heteroatoms. The van der Waals surface area contributed by atoms with Crippen molar-refractivity contribution in [1.29, 1.82) is 0 Å². The second-order valence-electron chi connectivity index (χ2n) is 14.3. The van der Waals surface area contributed by atoms with Gasteiger partial charge in [0.25, 0.3) is 0 Å². The molecule has 2 N–H and O–H groups in total. The molecule has 2 amide bonds. The number of nitrogens with one attached hydrogen (secondary N) is 2. The van der Waals surface area contributed by atoms with E-state index in [4.69, 9.17) is 0 Å². The lowest BCUT2D eigenvalue weighted by molar-refractivity contribution is -0.134. The quantitative estimate of drug-likeness (QED) is 0.201. The molecule has 0 aromatic rings. The molecule has 238 valence electrons. The van der Waals surface area contributed by atoms with Gasteiger partial charge in [0.2, 0.25) is 11.8 Å². The average Bonchev–Trinajstić information content (AvgIpc) is 3.51. The van der Waals surface area contributed by atoms with Gasteiger partial charge in [-0.15, -0.1) is 0 Å². The first-order chi connectivity index (χ1) is 19.6. The highest BCUT2D eigenvalue weighted by molar-refractivity contribution is 5.82. The van der Waals surface area contributed by atoms with Gasteiger partial charge in [-0.05, 0) is 108 Å². The molecule has 3 fully saturated rings. The van der Waals surface area contributed by atoms with Gasteiger partial charge in [0.15, 0.2) is 0 Å². The minimum Gasteiger partial charge on any atom is -0.356 e. The molecule has 6 unspecified atom stereocenters. The molecule has 0 spiro atoms. The van der Waals surface area contributed by atoms with Crippen molar-refractivity contribution >= 4 is 11.8 Å². The summed E-state index contributed by atoms with van der Waals surface area (Å²) in [4.78, 5) is 29.4. The number of hydrogen-bond acceptors (Lipinski definition) is 3. The van der Waals surface area contributed by atoms with Crippen LogP contribution >= 0.6 is 0 Å². The Morgan fingerprint density at radius 2 is 1.68 bits per heavy atom. The van der Waals surface area contributed by atoms with E-state index in [1.807, 2.05) is 6.92 Å². The predicted octanol–water partition coefficient (Wildman–Crippen LogP) is 7.23. The number of carbonyl (C=O) groups is 2. The van der Waals surface area contributed by atoms with Crippen molar-refractivity contribution in [1.82, 2.24) is 15.5 Å². The molecule has 0 bridgehead atoms. The van der Waals surface area contributed by atoms with Gasteiger partial charge in [0, 0.05) is 18.5 Å². The van der Waals surface area contributed by atoms with Crippen molar-refractivity contribution in [3.63, 3.8) is 0 Å². The van der Waals surface area contributed by atoms with Gasteiger partial charge in [-0.25, -0.2) is 8.78 Å². The number of hydrogen-bond donors (Lipinski definition) is 2. The van der Waals surface area contributed by atoms with Crippen LogP contribution in [0.25, 0.3) is 0 Å². The summed E-state index contributed by atoms with van der Waals surface area (Å²) in [6.45, 7) is 12.3. The van der Waals surface area contributed by atoms with E-state index in [1.165, 1.54) is 25.7 Å². The monoisotopic (exact) mass is 581 g/mol. The number of halogens is 2. The van der Waals surface area contributed by atoms with Crippen LogP contribution in [-0.4, -0.2) is 61.3 Å². The van der Waals surface area contributed by atoms with Gasteiger partial charge in [0.05, 0.1) is 11.5 Å². The van der Waals surface area contributed by atoms with Crippen molar-refractivity contribution in [2.75, 3.05) is 26.3 Å². The van der Waals surface area contributed by atoms with Crippen molar-refractivity contribution in [3.05, 3.63) is 0 Å². The number of unbranched alkanes of at least 4 members (excludes halogenated alkanes) is 1. The Morgan fingerprint density at radius 3 is 2.32 bits per heavy atom. The molecular formula is C34H61F2N3O2. The lowest BCUT2D eigenvalue weighted by Gasteiger charge is -2.39. The van der Waals surface area contributed by atoms with Gasteiger partial charge in [-0.3, -0.25) is 9.59 Å². The number of amides is 2. The number of rotatable bonds is 15. The molecule has 0 radical (unpaired) electrons. The Kier molecular flexibility index (Phi) is 13.8.